The second-order valence-corrected chi connectivity index (χ2v) is 4.05. The van der Waals surface area contributed by atoms with E-state index in [1.54, 1.807) is 6.07 Å². The predicted octanol–water partition coefficient (Wildman–Crippen LogP) is 4.17. The molecule has 0 heterocycles. The van der Waals surface area contributed by atoms with Gasteiger partial charge in [0.25, 0.3) is 0 Å². The number of hydrogen-bond donors (Lipinski definition) is 1. The van der Waals surface area contributed by atoms with Crippen molar-refractivity contribution < 1.29 is 5.11 Å². The maximum absolute atomic E-state index is 8.60. The lowest BCUT2D eigenvalue weighted by Crippen LogP contribution is -1.80. The molecule has 15 heavy (non-hydrogen) atoms. The monoisotopic (exact) mass is 244 g/mol. The van der Waals surface area contributed by atoms with Crippen molar-refractivity contribution >= 4 is 29.3 Å². The average molecular weight is 245 g/mol. The van der Waals surface area contributed by atoms with E-state index in [-0.39, 0.29) is 6.61 Å². The molecule has 1 aromatic carbocycles. The molecule has 0 radical (unpaired) electrons. The number of benzene rings is 1. The zero-order chi connectivity index (χ0) is 11.1. The smallest absolute Gasteiger partial charge is 0.0664 e. The molecule has 0 atom stereocenters. The van der Waals surface area contributed by atoms with Crippen LogP contribution in [0.5, 0.6) is 0 Å². The van der Waals surface area contributed by atoms with E-state index in [2.05, 4.69) is 0 Å². The Morgan fingerprint density at radius 3 is 2.73 bits per heavy atom. The molecule has 3 heteroatoms. The summed E-state index contributed by atoms with van der Waals surface area (Å²) in [6, 6.07) is 5.57. The number of halogens is 2. The van der Waals surface area contributed by atoms with Gasteiger partial charge in [0.15, 0.2) is 0 Å². The maximum Gasteiger partial charge on any atom is 0.0664 e. The molecular weight excluding hydrogens is 231 g/mol. The molecule has 0 amide bonds. The van der Waals surface area contributed by atoms with Crippen molar-refractivity contribution in [2.75, 3.05) is 6.61 Å². The van der Waals surface area contributed by atoms with Crippen molar-refractivity contribution in [2.24, 2.45) is 0 Å². The Morgan fingerprint density at radius 1 is 1.20 bits per heavy atom. The fourth-order valence-corrected chi connectivity index (χ4v) is 1.60. The molecule has 1 rings (SSSR count). The summed E-state index contributed by atoms with van der Waals surface area (Å²) >= 11 is 11.9. The number of aliphatic hydroxyl groups is 1. The molecule has 1 nitrogen and oxygen atoms in total. The number of allylic oxidation sites excluding steroid dienone is 1. The summed E-state index contributed by atoms with van der Waals surface area (Å²) in [5.41, 5.74) is 0.938. The number of unbranched alkanes of at least 4 members (excludes halogenated alkanes) is 2. The van der Waals surface area contributed by atoms with Crippen LogP contribution in [0.15, 0.2) is 24.3 Å². The van der Waals surface area contributed by atoms with Crippen molar-refractivity contribution in [3.05, 3.63) is 39.9 Å². The summed E-state index contributed by atoms with van der Waals surface area (Å²) in [7, 11) is 0. The third kappa shape index (κ3) is 4.25. The van der Waals surface area contributed by atoms with Crippen LogP contribution in [-0.2, 0) is 0 Å². The maximum atomic E-state index is 8.60. The highest BCUT2D eigenvalue weighted by atomic mass is 35.5. The van der Waals surface area contributed by atoms with Crippen molar-refractivity contribution in [3.8, 4) is 0 Å². The minimum atomic E-state index is 0.256. The van der Waals surface area contributed by atoms with Gasteiger partial charge in [-0.2, -0.15) is 0 Å². The summed E-state index contributed by atoms with van der Waals surface area (Å²) < 4.78 is 0. The zero-order valence-electron chi connectivity index (χ0n) is 8.42. The summed E-state index contributed by atoms with van der Waals surface area (Å²) in [6.45, 7) is 0.256. The van der Waals surface area contributed by atoms with Gasteiger partial charge in [0.1, 0.15) is 0 Å². The minimum absolute atomic E-state index is 0.256. The first kappa shape index (κ1) is 12.6. The molecule has 0 bridgehead atoms. The Kier molecular flexibility index (Phi) is 5.77. The lowest BCUT2D eigenvalue weighted by Gasteiger charge is -1.99. The van der Waals surface area contributed by atoms with Gasteiger partial charge >= 0.3 is 0 Å². The summed E-state index contributed by atoms with van der Waals surface area (Å²) in [5, 5.41) is 9.77. The van der Waals surface area contributed by atoms with Crippen molar-refractivity contribution in [2.45, 2.75) is 19.3 Å². The average Bonchev–Trinajstić information content (AvgIpc) is 2.24. The van der Waals surface area contributed by atoms with Crippen molar-refractivity contribution in [3.63, 3.8) is 0 Å². The van der Waals surface area contributed by atoms with Crippen molar-refractivity contribution in [1.29, 1.82) is 0 Å². The van der Waals surface area contributed by atoms with Gasteiger partial charge in [-0.25, -0.2) is 0 Å². The molecule has 0 aliphatic rings. The van der Waals surface area contributed by atoms with Gasteiger partial charge in [-0.15, -0.1) is 0 Å². The van der Waals surface area contributed by atoms with Crippen LogP contribution in [0, 0.1) is 0 Å². The lowest BCUT2D eigenvalue weighted by atomic mass is 10.1. The van der Waals surface area contributed by atoms with Crippen molar-refractivity contribution in [1.82, 2.24) is 0 Å². The number of rotatable bonds is 5. The number of hydrogen-bond acceptors (Lipinski definition) is 1. The van der Waals surface area contributed by atoms with Crippen LogP contribution in [0.4, 0.5) is 0 Å². The summed E-state index contributed by atoms with van der Waals surface area (Å²) in [6.07, 6.45) is 6.79. The normalized spacial score (nSPS) is 11.1. The fraction of sp³-hybridized carbons (Fsp3) is 0.333. The first-order chi connectivity index (χ1) is 7.25. The van der Waals surface area contributed by atoms with Gasteiger partial charge in [-0.3, -0.25) is 0 Å². The Balaban J connectivity index is 2.53. The molecule has 1 aromatic rings. The largest absolute Gasteiger partial charge is 0.396 e. The lowest BCUT2D eigenvalue weighted by molar-refractivity contribution is 0.285. The van der Waals surface area contributed by atoms with Crippen LogP contribution in [0.3, 0.4) is 0 Å². The van der Waals surface area contributed by atoms with Crippen LogP contribution >= 0.6 is 23.2 Å². The van der Waals surface area contributed by atoms with E-state index in [0.717, 1.165) is 24.8 Å². The molecule has 0 unspecified atom stereocenters. The summed E-state index contributed by atoms with van der Waals surface area (Å²) in [5.74, 6) is 0. The van der Waals surface area contributed by atoms with Crippen LogP contribution in [-0.4, -0.2) is 11.7 Å². The van der Waals surface area contributed by atoms with E-state index in [1.165, 1.54) is 0 Å². The SMILES string of the molecule is OCCCCC=Cc1cccc(Cl)c1Cl. The highest BCUT2D eigenvalue weighted by Gasteiger charge is 1.99. The molecule has 82 valence electrons. The molecule has 0 aromatic heterocycles. The Bertz CT molecular complexity index is 334. The molecule has 0 fully saturated rings. The molecule has 0 spiro atoms. The predicted molar refractivity (Wildman–Crippen MR) is 66.4 cm³/mol. The molecule has 0 saturated heterocycles. The third-order valence-electron chi connectivity index (χ3n) is 2.06. The Hall–Kier alpha value is -0.500. The van der Waals surface area contributed by atoms with Crippen LogP contribution < -0.4 is 0 Å². The first-order valence-electron chi connectivity index (χ1n) is 4.97. The number of aliphatic hydroxyl groups excluding tert-OH is 1. The van der Waals surface area contributed by atoms with E-state index in [0.29, 0.717) is 10.0 Å². The van der Waals surface area contributed by atoms with Gasteiger partial charge < -0.3 is 5.11 Å². The highest BCUT2D eigenvalue weighted by molar-refractivity contribution is 6.42. The van der Waals surface area contributed by atoms with Gasteiger partial charge in [0.2, 0.25) is 0 Å². The molecule has 0 aliphatic heterocycles. The Labute approximate surface area is 100 Å². The van der Waals surface area contributed by atoms with E-state index >= 15 is 0 Å². The summed E-state index contributed by atoms with van der Waals surface area (Å²) in [4.78, 5) is 0. The molecule has 1 N–H and O–H groups in total. The highest BCUT2D eigenvalue weighted by Crippen LogP contribution is 2.26. The second kappa shape index (κ2) is 6.89. The van der Waals surface area contributed by atoms with Gasteiger partial charge in [-0.1, -0.05) is 47.5 Å². The van der Waals surface area contributed by atoms with Crippen LogP contribution in [0.2, 0.25) is 10.0 Å². The second-order valence-electron chi connectivity index (χ2n) is 3.26. The first-order valence-corrected chi connectivity index (χ1v) is 5.72. The van der Waals surface area contributed by atoms with E-state index < -0.39 is 0 Å². The fourth-order valence-electron chi connectivity index (χ4n) is 1.23. The van der Waals surface area contributed by atoms with E-state index in [4.69, 9.17) is 28.3 Å². The topological polar surface area (TPSA) is 20.2 Å². The van der Waals surface area contributed by atoms with E-state index in [9.17, 15) is 0 Å². The Morgan fingerprint density at radius 2 is 2.00 bits per heavy atom. The van der Waals surface area contributed by atoms with Crippen LogP contribution in [0.1, 0.15) is 24.8 Å². The van der Waals surface area contributed by atoms with E-state index in [1.807, 2.05) is 24.3 Å². The standard InChI is InChI=1S/C12H14Cl2O/c13-11-8-5-7-10(12(11)14)6-3-1-2-4-9-15/h3,5-8,15H,1-2,4,9H2. The van der Waals surface area contributed by atoms with Gasteiger partial charge in [0, 0.05) is 6.61 Å². The van der Waals surface area contributed by atoms with Gasteiger partial charge in [-0.05, 0) is 30.9 Å². The molecule has 0 saturated carbocycles. The van der Waals surface area contributed by atoms with Gasteiger partial charge in [0.05, 0.1) is 10.0 Å². The minimum Gasteiger partial charge on any atom is -0.396 e. The molecule has 0 aliphatic carbocycles. The van der Waals surface area contributed by atoms with Crippen LogP contribution in [0.25, 0.3) is 6.08 Å². The zero-order valence-corrected chi connectivity index (χ0v) is 9.93. The third-order valence-corrected chi connectivity index (χ3v) is 2.89. The molecular formula is C12H14Cl2O. The quantitative estimate of drug-likeness (QED) is 0.772.